The minimum absolute atomic E-state index is 0.0323. The smallest absolute Gasteiger partial charge is 0.316 e. The Balaban J connectivity index is 0.000000234. The fourth-order valence-corrected chi connectivity index (χ4v) is 7.48. The monoisotopic (exact) mass is 902 g/mol. The maximum atomic E-state index is 13.9. The SMILES string of the molecule is COC1(Cc2ccc(F)cc2)CCN(C(=O)COc2ccc(Cl)cc2NC(N)=O)CC1.NC(=O)Nc1cc(Cl)ccc1OCC(=O)N1CCC(O)(Cc2ccc(F)cc2F)CC1. The van der Waals surface area contributed by atoms with E-state index in [9.17, 15) is 37.5 Å². The number of aliphatic hydroxyl groups is 1. The third-order valence-corrected chi connectivity index (χ3v) is 11.1. The number of benzene rings is 4. The number of hydrogen-bond acceptors (Lipinski definition) is 8. The van der Waals surface area contributed by atoms with Crippen LogP contribution in [0.1, 0.15) is 36.8 Å². The first-order valence-corrected chi connectivity index (χ1v) is 20.2. The molecule has 7 N–H and O–H groups in total. The van der Waals surface area contributed by atoms with Gasteiger partial charge in [0.1, 0.15) is 29.0 Å². The number of piperidine rings is 2. The molecule has 2 fully saturated rings. The summed E-state index contributed by atoms with van der Waals surface area (Å²) in [6.45, 7) is 1.07. The average Bonchev–Trinajstić information content (AvgIpc) is 3.22. The van der Waals surface area contributed by atoms with Crippen LogP contribution in [0.25, 0.3) is 0 Å². The van der Waals surface area contributed by atoms with Gasteiger partial charge in [-0.05, 0) is 91.4 Å². The highest BCUT2D eigenvalue weighted by Crippen LogP contribution is 2.33. The number of nitrogens with zero attached hydrogens (tertiary/aromatic N) is 2. The number of amides is 6. The Bertz CT molecular complexity index is 2220. The third kappa shape index (κ3) is 13.6. The molecule has 0 radical (unpaired) electrons. The number of nitrogens with two attached hydrogens (primary N) is 2. The fourth-order valence-electron chi connectivity index (χ4n) is 7.14. The summed E-state index contributed by atoms with van der Waals surface area (Å²) in [6, 6.07) is 17.2. The highest BCUT2D eigenvalue weighted by Gasteiger charge is 2.37. The van der Waals surface area contributed by atoms with E-state index in [2.05, 4.69) is 10.6 Å². The molecule has 0 saturated carbocycles. The first kappa shape index (κ1) is 47.3. The average molecular weight is 904 g/mol. The lowest BCUT2D eigenvalue weighted by Crippen LogP contribution is -2.49. The Labute approximate surface area is 366 Å². The van der Waals surface area contributed by atoms with Gasteiger partial charge in [0.2, 0.25) is 0 Å². The maximum Gasteiger partial charge on any atom is 0.316 e. The van der Waals surface area contributed by atoms with Gasteiger partial charge in [-0.25, -0.2) is 22.8 Å². The Morgan fingerprint density at radius 2 is 1.15 bits per heavy atom. The molecular weight excluding hydrogens is 856 g/mol. The normalized spacial score (nSPS) is 15.4. The lowest BCUT2D eigenvalue weighted by atomic mass is 9.85. The number of likely N-dealkylation sites (tertiary alicyclic amines) is 2. The molecule has 0 atom stereocenters. The number of rotatable bonds is 13. The summed E-state index contributed by atoms with van der Waals surface area (Å²) in [6.07, 6.45) is 2.47. The van der Waals surface area contributed by atoms with E-state index in [0.29, 0.717) is 53.8 Å². The summed E-state index contributed by atoms with van der Waals surface area (Å²) in [5.41, 5.74) is 10.4. The van der Waals surface area contributed by atoms with E-state index in [0.717, 1.165) is 17.7 Å². The zero-order valence-electron chi connectivity index (χ0n) is 33.7. The van der Waals surface area contributed by atoms with Crippen molar-refractivity contribution in [2.45, 2.75) is 49.7 Å². The molecule has 14 nitrogen and oxygen atoms in total. The second-order valence-electron chi connectivity index (χ2n) is 14.9. The molecule has 0 aromatic heterocycles. The van der Waals surface area contributed by atoms with Crippen LogP contribution in [-0.2, 0) is 27.2 Å². The van der Waals surface area contributed by atoms with Crippen molar-refractivity contribution in [2.24, 2.45) is 11.5 Å². The van der Waals surface area contributed by atoms with Gasteiger partial charge in [-0.15, -0.1) is 0 Å². The summed E-state index contributed by atoms with van der Waals surface area (Å²) in [5.74, 6) is -1.60. The minimum Gasteiger partial charge on any atom is -0.482 e. The number of halogens is 5. The Morgan fingerprint density at radius 3 is 1.60 bits per heavy atom. The van der Waals surface area contributed by atoms with E-state index < -0.39 is 34.9 Å². The molecule has 332 valence electrons. The number of ether oxygens (including phenoxy) is 3. The topological polar surface area (TPSA) is 199 Å². The van der Waals surface area contributed by atoms with Gasteiger partial charge >= 0.3 is 12.1 Å². The largest absolute Gasteiger partial charge is 0.482 e. The van der Waals surface area contributed by atoms with Gasteiger partial charge in [-0.2, -0.15) is 0 Å². The summed E-state index contributed by atoms with van der Waals surface area (Å²) >= 11 is 11.8. The molecule has 2 aliphatic heterocycles. The fraction of sp³-hybridized carbons (Fsp3) is 0.349. The van der Waals surface area contributed by atoms with Crippen LogP contribution < -0.4 is 31.6 Å². The summed E-state index contributed by atoms with van der Waals surface area (Å²) < 4.78 is 57.1. The first-order valence-electron chi connectivity index (χ1n) is 19.4. The summed E-state index contributed by atoms with van der Waals surface area (Å²) in [5, 5.41) is 16.3. The molecule has 2 heterocycles. The van der Waals surface area contributed by atoms with Crippen LogP contribution in [-0.4, -0.2) is 96.5 Å². The van der Waals surface area contributed by atoms with Gasteiger partial charge < -0.3 is 51.2 Å². The zero-order chi connectivity index (χ0) is 45.0. The van der Waals surface area contributed by atoms with Crippen LogP contribution in [0.2, 0.25) is 10.0 Å². The van der Waals surface area contributed by atoms with E-state index in [1.54, 1.807) is 42.3 Å². The molecule has 0 spiro atoms. The van der Waals surface area contributed by atoms with E-state index in [-0.39, 0.29) is 80.2 Å². The van der Waals surface area contributed by atoms with E-state index in [4.69, 9.17) is 48.9 Å². The Kier molecular flexibility index (Phi) is 16.3. The lowest BCUT2D eigenvalue weighted by Gasteiger charge is -2.41. The van der Waals surface area contributed by atoms with Crippen LogP contribution in [0.5, 0.6) is 11.5 Å². The summed E-state index contributed by atoms with van der Waals surface area (Å²) in [4.78, 5) is 50.7. The molecule has 6 rings (SSSR count). The van der Waals surface area contributed by atoms with Gasteiger partial charge in [0.05, 0.1) is 22.6 Å². The molecule has 6 amide bonds. The number of methoxy groups -OCH3 is 1. The Morgan fingerprint density at radius 1 is 0.677 bits per heavy atom. The second-order valence-corrected chi connectivity index (χ2v) is 15.8. The van der Waals surface area contributed by atoms with E-state index in [1.807, 2.05) is 0 Å². The van der Waals surface area contributed by atoms with Gasteiger partial charge in [0.25, 0.3) is 11.8 Å². The van der Waals surface area contributed by atoms with Crippen molar-refractivity contribution in [3.05, 3.63) is 117 Å². The number of primary amides is 2. The van der Waals surface area contributed by atoms with Crippen molar-refractivity contribution in [3.63, 3.8) is 0 Å². The number of carbonyl (C=O) groups excluding carboxylic acids is 4. The van der Waals surface area contributed by atoms with Crippen molar-refractivity contribution in [3.8, 4) is 11.5 Å². The zero-order valence-corrected chi connectivity index (χ0v) is 35.2. The number of carbonyl (C=O) groups is 4. The van der Waals surface area contributed by atoms with Gasteiger partial charge in [-0.1, -0.05) is 41.4 Å². The van der Waals surface area contributed by atoms with Gasteiger partial charge in [-0.3, -0.25) is 9.59 Å². The van der Waals surface area contributed by atoms with Crippen LogP contribution in [0.15, 0.2) is 78.9 Å². The molecule has 4 aromatic rings. The predicted octanol–water partition coefficient (Wildman–Crippen LogP) is 6.68. The highest BCUT2D eigenvalue weighted by atomic mass is 35.5. The Hall–Kier alpha value is -5.75. The van der Waals surface area contributed by atoms with Crippen molar-refractivity contribution in [1.29, 1.82) is 0 Å². The van der Waals surface area contributed by atoms with Gasteiger partial charge in [0.15, 0.2) is 13.2 Å². The van der Waals surface area contributed by atoms with E-state index >= 15 is 0 Å². The minimum atomic E-state index is -1.19. The molecule has 62 heavy (non-hydrogen) atoms. The van der Waals surface area contributed by atoms with Crippen LogP contribution in [0.3, 0.4) is 0 Å². The molecule has 2 saturated heterocycles. The van der Waals surface area contributed by atoms with Crippen LogP contribution >= 0.6 is 23.2 Å². The second kappa shape index (κ2) is 21.4. The number of nitrogens with one attached hydrogen (secondary N) is 2. The molecule has 0 unspecified atom stereocenters. The standard InChI is InChI=1S/C22H25ClFN3O4.C21H22ClF2N3O4/c1-30-22(13-15-2-5-17(24)6-3-15)8-10-27(11-9-22)20(28)14-31-19-7-4-16(23)12-18(19)26-21(25)29;22-14-2-4-18(17(9-14)26-20(25)29)31-12-19(28)27-7-5-21(30,6-8-27)11-13-1-3-15(23)10-16(13)24/h2-7,12H,8-11,13-14H2,1H3,(H3,25,26,29);1-4,9-10,30H,5-8,11-12H2,(H3,25,26,29). The number of hydrogen-bond donors (Lipinski definition) is 5. The first-order chi connectivity index (χ1) is 29.4. The number of urea groups is 2. The molecule has 0 bridgehead atoms. The lowest BCUT2D eigenvalue weighted by molar-refractivity contribution is -0.139. The van der Waals surface area contributed by atoms with E-state index in [1.165, 1.54) is 41.3 Å². The third-order valence-electron chi connectivity index (χ3n) is 10.6. The molecule has 0 aliphatic carbocycles. The van der Waals surface area contributed by atoms with Crippen molar-refractivity contribution < 1.29 is 51.7 Å². The van der Waals surface area contributed by atoms with Gasteiger partial charge in [0, 0.05) is 62.2 Å². The highest BCUT2D eigenvalue weighted by molar-refractivity contribution is 6.31. The van der Waals surface area contributed by atoms with Crippen molar-refractivity contribution in [2.75, 3.05) is 57.1 Å². The molecular formula is C43H47Cl2F3N6O8. The van der Waals surface area contributed by atoms with Crippen molar-refractivity contribution >= 4 is 58.5 Å². The quantitative estimate of drug-likeness (QED) is 0.0979. The van der Waals surface area contributed by atoms with Crippen LogP contribution in [0, 0.1) is 17.5 Å². The molecule has 2 aliphatic rings. The predicted molar refractivity (Wildman–Crippen MR) is 227 cm³/mol. The maximum absolute atomic E-state index is 13.9. The van der Waals surface area contributed by atoms with Crippen LogP contribution in [0.4, 0.5) is 34.1 Å². The molecule has 19 heteroatoms. The van der Waals surface area contributed by atoms with Crippen molar-refractivity contribution in [1.82, 2.24) is 9.80 Å². The summed E-state index contributed by atoms with van der Waals surface area (Å²) in [7, 11) is 1.66. The molecule has 4 aromatic carbocycles. The number of anilines is 2.